The van der Waals surface area contributed by atoms with E-state index in [0.29, 0.717) is 13.2 Å². The number of nitrogens with two attached hydrogens (primary N) is 2. The van der Waals surface area contributed by atoms with Crippen LogP contribution in [0.5, 0.6) is 0 Å². The van der Waals surface area contributed by atoms with Crippen molar-refractivity contribution in [3.63, 3.8) is 0 Å². The molecule has 5 nitrogen and oxygen atoms in total. The molecule has 0 spiro atoms. The molecule has 76 valence electrons. The first-order valence-electron chi connectivity index (χ1n) is 4.47. The molecule has 1 fully saturated rings. The highest BCUT2D eigenvalue weighted by Gasteiger charge is 2.43. The van der Waals surface area contributed by atoms with Crippen LogP contribution in [0.4, 0.5) is 0 Å². The quantitative estimate of drug-likeness (QED) is 0.492. The summed E-state index contributed by atoms with van der Waals surface area (Å²) in [6.07, 6.45) is 0.205. The minimum absolute atomic E-state index is 0.205. The van der Waals surface area contributed by atoms with Crippen LogP contribution in [0.15, 0.2) is 0 Å². The maximum atomic E-state index is 10.7. The van der Waals surface area contributed by atoms with E-state index in [1.54, 1.807) is 0 Å². The second-order valence-corrected chi connectivity index (χ2v) is 3.46. The van der Waals surface area contributed by atoms with Crippen LogP contribution in [0.1, 0.15) is 13.3 Å². The molecule has 5 N–H and O–H groups in total. The molecule has 1 heterocycles. The molecule has 0 aromatic carbocycles. The van der Waals surface area contributed by atoms with Gasteiger partial charge in [-0.1, -0.05) is 6.92 Å². The third-order valence-electron chi connectivity index (χ3n) is 2.38. The number of primary amides is 1. The molecule has 0 unspecified atom stereocenters. The van der Waals surface area contributed by atoms with Crippen molar-refractivity contribution in [1.82, 2.24) is 5.32 Å². The zero-order valence-electron chi connectivity index (χ0n) is 7.88. The lowest BCUT2D eigenvalue weighted by atomic mass is 9.86. The monoisotopic (exact) mass is 187 g/mol. The van der Waals surface area contributed by atoms with E-state index in [4.69, 9.17) is 16.2 Å². The molecule has 1 amide bonds. The van der Waals surface area contributed by atoms with Crippen molar-refractivity contribution in [1.29, 1.82) is 0 Å². The number of amides is 1. The van der Waals surface area contributed by atoms with Gasteiger partial charge in [-0.05, 0) is 6.54 Å². The Balaban J connectivity index is 2.49. The Morgan fingerprint density at radius 2 is 2.31 bits per heavy atom. The zero-order valence-corrected chi connectivity index (χ0v) is 7.88. The number of nitrogens with one attached hydrogen (secondary N) is 1. The van der Waals surface area contributed by atoms with E-state index in [1.165, 1.54) is 0 Å². The molecule has 0 aromatic heterocycles. The second-order valence-electron chi connectivity index (χ2n) is 3.46. The van der Waals surface area contributed by atoms with Crippen LogP contribution in [0.3, 0.4) is 0 Å². The van der Waals surface area contributed by atoms with Gasteiger partial charge in [0.05, 0.1) is 18.8 Å². The van der Waals surface area contributed by atoms with Gasteiger partial charge in [0.15, 0.2) is 0 Å². The average molecular weight is 187 g/mol. The van der Waals surface area contributed by atoms with Crippen molar-refractivity contribution >= 4 is 5.91 Å². The molecule has 0 radical (unpaired) electrons. The van der Waals surface area contributed by atoms with E-state index >= 15 is 0 Å². The van der Waals surface area contributed by atoms with Crippen molar-refractivity contribution in [2.45, 2.75) is 24.9 Å². The van der Waals surface area contributed by atoms with Gasteiger partial charge in [0, 0.05) is 12.5 Å². The van der Waals surface area contributed by atoms with Gasteiger partial charge in [0.2, 0.25) is 5.91 Å². The van der Waals surface area contributed by atoms with Crippen LogP contribution in [-0.4, -0.2) is 37.2 Å². The summed E-state index contributed by atoms with van der Waals surface area (Å²) in [7, 11) is 0. The van der Waals surface area contributed by atoms with Crippen molar-refractivity contribution in [3.05, 3.63) is 0 Å². The topological polar surface area (TPSA) is 90.4 Å². The predicted octanol–water partition coefficient (Wildman–Crippen LogP) is -1.43. The first-order chi connectivity index (χ1) is 6.10. The van der Waals surface area contributed by atoms with Crippen LogP contribution in [0, 0.1) is 0 Å². The maximum Gasteiger partial charge on any atom is 0.219 e. The first-order valence-corrected chi connectivity index (χ1v) is 4.47. The molecule has 1 rings (SSSR count). The first kappa shape index (κ1) is 10.4. The van der Waals surface area contributed by atoms with Crippen LogP contribution in [0.2, 0.25) is 0 Å². The Kier molecular flexibility index (Phi) is 3.24. The molecule has 5 heteroatoms. The maximum absolute atomic E-state index is 10.7. The summed E-state index contributed by atoms with van der Waals surface area (Å²) in [4.78, 5) is 10.7. The lowest BCUT2D eigenvalue weighted by Gasteiger charge is -2.46. The van der Waals surface area contributed by atoms with Gasteiger partial charge in [-0.25, -0.2) is 0 Å². The van der Waals surface area contributed by atoms with Gasteiger partial charge in [-0.15, -0.1) is 0 Å². The molecule has 13 heavy (non-hydrogen) atoms. The highest BCUT2D eigenvalue weighted by Crippen LogP contribution is 2.21. The Labute approximate surface area is 77.8 Å². The summed E-state index contributed by atoms with van der Waals surface area (Å²) in [5.74, 6) is -0.364. The Bertz CT molecular complexity index is 192. The SMILES string of the molecule is CCNC1([C@H](N)CC(N)=O)COC1. The van der Waals surface area contributed by atoms with E-state index in [0.717, 1.165) is 6.54 Å². The van der Waals surface area contributed by atoms with Gasteiger partial charge in [-0.3, -0.25) is 4.79 Å². The van der Waals surface area contributed by atoms with Crippen molar-refractivity contribution in [2.24, 2.45) is 11.5 Å². The molecule has 1 aliphatic heterocycles. The fraction of sp³-hybridized carbons (Fsp3) is 0.875. The van der Waals surface area contributed by atoms with E-state index in [-0.39, 0.29) is 23.9 Å². The van der Waals surface area contributed by atoms with Gasteiger partial charge in [-0.2, -0.15) is 0 Å². The standard InChI is InChI=1S/C8H17N3O2/c1-2-11-8(4-13-5-8)6(9)3-7(10)12/h6,11H,2-5,9H2,1H3,(H2,10,12)/t6-/m1/s1. The summed E-state index contributed by atoms with van der Waals surface area (Å²) in [5.41, 5.74) is 10.7. The van der Waals surface area contributed by atoms with Gasteiger partial charge in [0.25, 0.3) is 0 Å². The molecular weight excluding hydrogens is 170 g/mol. The molecule has 0 aromatic rings. The van der Waals surface area contributed by atoms with E-state index in [1.807, 2.05) is 6.92 Å². The predicted molar refractivity (Wildman–Crippen MR) is 49.0 cm³/mol. The summed E-state index contributed by atoms with van der Waals surface area (Å²) in [6.45, 7) is 3.94. The number of hydrogen-bond acceptors (Lipinski definition) is 4. The van der Waals surface area contributed by atoms with Crippen LogP contribution >= 0.6 is 0 Å². The van der Waals surface area contributed by atoms with Gasteiger partial charge >= 0.3 is 0 Å². The lowest BCUT2D eigenvalue weighted by molar-refractivity contribution is -0.122. The minimum Gasteiger partial charge on any atom is -0.377 e. The fourth-order valence-electron chi connectivity index (χ4n) is 1.53. The van der Waals surface area contributed by atoms with Crippen LogP contribution < -0.4 is 16.8 Å². The van der Waals surface area contributed by atoms with Crippen LogP contribution in [0.25, 0.3) is 0 Å². The molecule has 1 atom stereocenters. The Morgan fingerprint density at radius 3 is 2.62 bits per heavy atom. The molecule has 1 aliphatic rings. The van der Waals surface area contributed by atoms with E-state index in [9.17, 15) is 4.79 Å². The van der Waals surface area contributed by atoms with Gasteiger partial charge < -0.3 is 21.5 Å². The summed E-state index contributed by atoms with van der Waals surface area (Å²) in [5, 5.41) is 3.24. The van der Waals surface area contributed by atoms with Crippen molar-refractivity contribution in [3.8, 4) is 0 Å². The molecule has 1 saturated heterocycles. The Hall–Kier alpha value is -0.650. The number of likely N-dealkylation sites (N-methyl/N-ethyl adjacent to an activating group) is 1. The Morgan fingerprint density at radius 1 is 1.69 bits per heavy atom. The number of hydrogen-bond donors (Lipinski definition) is 3. The van der Waals surface area contributed by atoms with Crippen molar-refractivity contribution < 1.29 is 9.53 Å². The van der Waals surface area contributed by atoms with Crippen molar-refractivity contribution in [2.75, 3.05) is 19.8 Å². The largest absolute Gasteiger partial charge is 0.377 e. The summed E-state index contributed by atoms with van der Waals surface area (Å²) >= 11 is 0. The highest BCUT2D eigenvalue weighted by molar-refractivity contribution is 5.74. The zero-order chi connectivity index (χ0) is 9.90. The summed E-state index contributed by atoms with van der Waals surface area (Å²) in [6, 6.07) is -0.251. The molecular formula is C8H17N3O2. The highest BCUT2D eigenvalue weighted by atomic mass is 16.5. The normalized spacial score (nSPS) is 22.0. The number of carbonyl (C=O) groups is 1. The smallest absolute Gasteiger partial charge is 0.219 e. The summed E-state index contributed by atoms with van der Waals surface area (Å²) < 4.78 is 5.10. The lowest BCUT2D eigenvalue weighted by Crippen LogP contribution is -2.70. The van der Waals surface area contributed by atoms with Gasteiger partial charge in [0.1, 0.15) is 0 Å². The second kappa shape index (κ2) is 4.04. The number of ether oxygens (including phenoxy) is 1. The van der Waals surface area contributed by atoms with E-state index in [2.05, 4.69) is 5.32 Å². The third-order valence-corrected chi connectivity index (χ3v) is 2.38. The fourth-order valence-corrected chi connectivity index (χ4v) is 1.53. The average Bonchev–Trinajstić information content (AvgIpc) is 1.94. The minimum atomic E-state index is -0.364. The van der Waals surface area contributed by atoms with E-state index < -0.39 is 0 Å². The number of rotatable bonds is 5. The molecule has 0 aliphatic carbocycles. The third kappa shape index (κ3) is 2.18. The molecule has 0 saturated carbocycles. The van der Waals surface area contributed by atoms with Crippen LogP contribution in [-0.2, 0) is 9.53 Å². The number of carbonyl (C=O) groups excluding carboxylic acids is 1. The molecule has 0 bridgehead atoms.